The summed E-state index contributed by atoms with van der Waals surface area (Å²) < 4.78 is 14.3. The Kier molecular flexibility index (Phi) is 4.29. The van der Waals surface area contributed by atoms with Gasteiger partial charge in [-0.15, -0.1) is 11.6 Å². The number of hydrogen-bond donors (Lipinski definition) is 1. The van der Waals surface area contributed by atoms with E-state index in [2.05, 4.69) is 10.3 Å². The molecule has 5 atom stereocenters. The van der Waals surface area contributed by atoms with Gasteiger partial charge in [0.05, 0.1) is 0 Å². The molecule has 3 nitrogen and oxygen atoms in total. The number of nitrogens with zero attached hydrogens (tertiary/aromatic N) is 1. The lowest BCUT2D eigenvalue weighted by Crippen LogP contribution is -2.48. The van der Waals surface area contributed by atoms with Crippen molar-refractivity contribution in [2.75, 3.05) is 6.54 Å². The molecule has 1 N–H and O–H groups in total. The number of hydrogen-bond acceptors (Lipinski definition) is 2. The molecule has 1 heterocycles. The third-order valence-corrected chi connectivity index (χ3v) is 5.38. The van der Waals surface area contributed by atoms with E-state index in [4.69, 9.17) is 11.6 Å². The maximum absolute atomic E-state index is 14.3. The fourth-order valence-electron chi connectivity index (χ4n) is 3.96. The SMILES string of the molecule is O=C1CN=C(C2CCCCC2F)C2CC(Cl)CCC2N1. The van der Waals surface area contributed by atoms with Crippen LogP contribution in [-0.4, -0.2) is 35.8 Å². The number of nitrogens with one attached hydrogen (secondary N) is 1. The molecule has 3 aliphatic rings. The van der Waals surface area contributed by atoms with Crippen molar-refractivity contribution in [2.45, 2.75) is 62.5 Å². The van der Waals surface area contributed by atoms with E-state index in [0.717, 1.165) is 44.2 Å². The van der Waals surface area contributed by atoms with Crippen LogP contribution in [0.5, 0.6) is 0 Å². The summed E-state index contributed by atoms with van der Waals surface area (Å²) in [7, 11) is 0. The summed E-state index contributed by atoms with van der Waals surface area (Å²) in [6.07, 6.45) is 5.34. The smallest absolute Gasteiger partial charge is 0.241 e. The molecule has 0 aromatic rings. The zero-order chi connectivity index (χ0) is 14.1. The Bertz CT molecular complexity index is 415. The third-order valence-electron chi connectivity index (χ3n) is 4.98. The van der Waals surface area contributed by atoms with E-state index in [9.17, 15) is 9.18 Å². The van der Waals surface area contributed by atoms with Crippen LogP contribution >= 0.6 is 11.6 Å². The van der Waals surface area contributed by atoms with E-state index in [0.29, 0.717) is 6.42 Å². The molecule has 0 aromatic carbocycles. The Balaban J connectivity index is 1.86. The van der Waals surface area contributed by atoms with E-state index in [1.807, 2.05) is 0 Å². The quantitative estimate of drug-likeness (QED) is 0.743. The van der Waals surface area contributed by atoms with Crippen molar-refractivity contribution in [2.24, 2.45) is 16.8 Å². The molecule has 20 heavy (non-hydrogen) atoms. The van der Waals surface area contributed by atoms with E-state index in [-0.39, 0.29) is 35.7 Å². The first-order valence-corrected chi connectivity index (χ1v) is 8.20. The number of amides is 1. The van der Waals surface area contributed by atoms with Gasteiger partial charge in [-0.3, -0.25) is 9.79 Å². The Hall–Kier alpha value is -0.640. The number of carbonyl (C=O) groups excluding carboxylic acids is 1. The van der Waals surface area contributed by atoms with E-state index in [1.165, 1.54) is 0 Å². The number of rotatable bonds is 1. The Morgan fingerprint density at radius 3 is 2.75 bits per heavy atom. The molecule has 1 aliphatic heterocycles. The largest absolute Gasteiger partial charge is 0.351 e. The summed E-state index contributed by atoms with van der Waals surface area (Å²) in [5.74, 6) is 0.0132. The number of halogens is 2. The van der Waals surface area contributed by atoms with Gasteiger partial charge in [-0.25, -0.2) is 4.39 Å². The molecular weight excluding hydrogens is 279 g/mol. The average molecular weight is 301 g/mol. The Morgan fingerprint density at radius 2 is 1.95 bits per heavy atom. The summed E-state index contributed by atoms with van der Waals surface area (Å²) >= 11 is 6.31. The number of alkyl halides is 2. The topological polar surface area (TPSA) is 41.5 Å². The molecule has 0 spiro atoms. The Morgan fingerprint density at radius 1 is 1.15 bits per heavy atom. The molecule has 0 saturated heterocycles. The standard InChI is InChI=1S/C15H22ClFN2O/c16-9-5-6-13-11(7-9)15(18-8-14(20)19-13)10-3-1-2-4-12(10)17/h9-13H,1-8H2,(H,19,20). The average Bonchev–Trinajstić information content (AvgIpc) is 2.58. The number of aliphatic imine (C=N–C) groups is 1. The molecule has 0 aromatic heterocycles. The summed E-state index contributed by atoms with van der Waals surface area (Å²) in [6.45, 7) is 0.151. The van der Waals surface area contributed by atoms with E-state index in [1.54, 1.807) is 0 Å². The minimum absolute atomic E-state index is 0.0331. The van der Waals surface area contributed by atoms with Gasteiger partial charge < -0.3 is 5.32 Å². The van der Waals surface area contributed by atoms with Gasteiger partial charge in [0.25, 0.3) is 0 Å². The molecule has 2 aliphatic carbocycles. The summed E-state index contributed by atoms with van der Waals surface area (Å²) in [6, 6.07) is 0.105. The van der Waals surface area contributed by atoms with E-state index >= 15 is 0 Å². The summed E-state index contributed by atoms with van der Waals surface area (Å²) in [5.41, 5.74) is 0.936. The second-order valence-corrected chi connectivity index (χ2v) is 6.96. The molecule has 112 valence electrons. The van der Waals surface area contributed by atoms with Crippen LogP contribution in [0, 0.1) is 11.8 Å². The fraction of sp³-hybridized carbons (Fsp3) is 0.867. The zero-order valence-electron chi connectivity index (χ0n) is 11.7. The van der Waals surface area contributed by atoms with Gasteiger partial charge in [-0.05, 0) is 32.1 Å². The van der Waals surface area contributed by atoms with E-state index < -0.39 is 6.17 Å². The van der Waals surface area contributed by atoms with Crippen LogP contribution < -0.4 is 5.32 Å². The van der Waals surface area contributed by atoms with Crippen LogP contribution in [0.3, 0.4) is 0 Å². The van der Waals surface area contributed by atoms with Gasteiger partial charge >= 0.3 is 0 Å². The lowest BCUT2D eigenvalue weighted by molar-refractivity contribution is -0.120. The van der Waals surface area contributed by atoms with Crippen molar-refractivity contribution >= 4 is 23.2 Å². The number of fused-ring (bicyclic) bond motifs is 1. The van der Waals surface area contributed by atoms with Crippen molar-refractivity contribution in [1.82, 2.24) is 5.32 Å². The van der Waals surface area contributed by atoms with Crippen LogP contribution in [-0.2, 0) is 4.79 Å². The molecule has 0 radical (unpaired) electrons. The number of carbonyl (C=O) groups is 1. The first kappa shape index (κ1) is 14.3. The molecule has 5 unspecified atom stereocenters. The highest BCUT2D eigenvalue weighted by molar-refractivity contribution is 6.20. The molecule has 3 rings (SSSR count). The van der Waals surface area contributed by atoms with Crippen LogP contribution in [0.15, 0.2) is 4.99 Å². The lowest BCUT2D eigenvalue weighted by Gasteiger charge is -2.38. The van der Waals surface area contributed by atoms with Crippen LogP contribution in [0.4, 0.5) is 4.39 Å². The predicted octanol–water partition coefficient (Wildman–Crippen LogP) is 2.86. The normalized spacial score (nSPS) is 42.2. The van der Waals surface area contributed by atoms with Crippen molar-refractivity contribution < 1.29 is 9.18 Å². The zero-order valence-corrected chi connectivity index (χ0v) is 12.4. The minimum atomic E-state index is -0.799. The molecule has 2 saturated carbocycles. The first-order valence-electron chi connectivity index (χ1n) is 7.77. The molecule has 1 amide bonds. The highest BCUT2D eigenvalue weighted by atomic mass is 35.5. The van der Waals surface area contributed by atoms with Crippen molar-refractivity contribution in [1.29, 1.82) is 0 Å². The van der Waals surface area contributed by atoms with Crippen LogP contribution in [0.25, 0.3) is 0 Å². The van der Waals surface area contributed by atoms with Gasteiger partial charge in [-0.2, -0.15) is 0 Å². The minimum Gasteiger partial charge on any atom is -0.351 e. The second kappa shape index (κ2) is 6.00. The predicted molar refractivity (Wildman–Crippen MR) is 78.1 cm³/mol. The summed E-state index contributed by atoms with van der Waals surface area (Å²) in [4.78, 5) is 16.3. The second-order valence-electron chi connectivity index (χ2n) is 6.34. The van der Waals surface area contributed by atoms with Crippen molar-refractivity contribution in [3.63, 3.8) is 0 Å². The fourth-order valence-corrected chi connectivity index (χ4v) is 4.28. The Labute approximate surface area is 124 Å². The molecule has 5 heteroatoms. The van der Waals surface area contributed by atoms with Gasteiger partial charge in [0.2, 0.25) is 5.91 Å². The van der Waals surface area contributed by atoms with Crippen LogP contribution in [0.2, 0.25) is 0 Å². The summed E-state index contributed by atoms with van der Waals surface area (Å²) in [5, 5.41) is 3.17. The van der Waals surface area contributed by atoms with Gasteiger partial charge in [0, 0.05) is 29.0 Å². The van der Waals surface area contributed by atoms with Gasteiger partial charge in [0.15, 0.2) is 0 Å². The molecular formula is C15H22ClFN2O. The van der Waals surface area contributed by atoms with Crippen molar-refractivity contribution in [3.05, 3.63) is 0 Å². The maximum Gasteiger partial charge on any atom is 0.241 e. The van der Waals surface area contributed by atoms with Crippen LogP contribution in [0.1, 0.15) is 44.9 Å². The lowest BCUT2D eigenvalue weighted by atomic mass is 9.73. The van der Waals surface area contributed by atoms with Gasteiger partial charge in [0.1, 0.15) is 12.7 Å². The third kappa shape index (κ3) is 2.85. The monoisotopic (exact) mass is 300 g/mol. The maximum atomic E-state index is 14.3. The van der Waals surface area contributed by atoms with Gasteiger partial charge in [-0.1, -0.05) is 12.8 Å². The molecule has 0 bridgehead atoms. The first-order chi connectivity index (χ1) is 9.65. The molecule has 2 fully saturated rings. The van der Waals surface area contributed by atoms with Crippen molar-refractivity contribution in [3.8, 4) is 0 Å². The highest BCUT2D eigenvalue weighted by Crippen LogP contribution is 2.37. The highest BCUT2D eigenvalue weighted by Gasteiger charge is 2.41.